The minimum Gasteiger partial charge on any atom is -0.207 e. The van der Waals surface area contributed by atoms with Gasteiger partial charge in [-0.15, -0.1) is 0 Å². The number of rotatable bonds is 2. The van der Waals surface area contributed by atoms with Crippen LogP contribution in [0.4, 0.5) is 8.78 Å². The summed E-state index contributed by atoms with van der Waals surface area (Å²) in [6, 6.07) is 24.8. The molecule has 4 aromatic rings. The summed E-state index contributed by atoms with van der Waals surface area (Å²) in [5.74, 6) is -0.536. The monoisotopic (exact) mass is 434 g/mol. The average Bonchev–Trinajstić information content (AvgIpc) is 2.83. The van der Waals surface area contributed by atoms with E-state index in [0.717, 1.165) is 40.5 Å². The predicted octanol–water partition coefficient (Wildman–Crippen LogP) is 6.02. The van der Waals surface area contributed by atoms with Gasteiger partial charge in [0.1, 0.15) is 11.6 Å². The molecule has 2 aliphatic carbocycles. The average molecular weight is 435 g/mol. The third-order valence-electron chi connectivity index (χ3n) is 7.18. The number of aryl methyl sites for hydroxylation is 1. The van der Waals surface area contributed by atoms with Gasteiger partial charge in [0.2, 0.25) is 0 Å². The molecule has 33 heavy (non-hydrogen) atoms. The van der Waals surface area contributed by atoms with Crippen molar-refractivity contribution in [2.24, 2.45) is 0 Å². The lowest BCUT2D eigenvalue weighted by Gasteiger charge is -2.26. The first-order valence-electron chi connectivity index (χ1n) is 11.6. The minimum absolute atomic E-state index is 0.0696. The molecule has 2 heteroatoms. The molecule has 6 rings (SSSR count). The van der Waals surface area contributed by atoms with E-state index in [4.69, 9.17) is 0 Å². The third-order valence-corrected chi connectivity index (χ3v) is 7.18. The van der Waals surface area contributed by atoms with Crippen molar-refractivity contribution in [3.8, 4) is 0 Å². The van der Waals surface area contributed by atoms with Crippen LogP contribution in [0.2, 0.25) is 0 Å². The Labute approximate surface area is 191 Å². The molecule has 162 valence electrons. The van der Waals surface area contributed by atoms with Crippen LogP contribution in [-0.2, 0) is 6.42 Å². The van der Waals surface area contributed by atoms with Crippen molar-refractivity contribution in [1.29, 1.82) is 0 Å². The highest BCUT2D eigenvalue weighted by atomic mass is 19.1. The summed E-state index contributed by atoms with van der Waals surface area (Å²) >= 11 is 0. The zero-order valence-corrected chi connectivity index (χ0v) is 18.5. The van der Waals surface area contributed by atoms with E-state index >= 15 is 0 Å². The summed E-state index contributed by atoms with van der Waals surface area (Å²) in [5, 5.41) is 4.26. The first kappa shape index (κ1) is 20.1. The molecule has 0 fully saturated rings. The Morgan fingerprint density at radius 3 is 2.39 bits per heavy atom. The van der Waals surface area contributed by atoms with Crippen LogP contribution in [0.3, 0.4) is 0 Å². The molecule has 0 amide bonds. The molecular weight excluding hydrogens is 410 g/mol. The van der Waals surface area contributed by atoms with E-state index in [2.05, 4.69) is 49.4 Å². The second-order valence-corrected chi connectivity index (χ2v) is 9.13. The molecule has 2 aliphatic rings. The van der Waals surface area contributed by atoms with Gasteiger partial charge in [0.05, 0.1) is 0 Å². The molecule has 0 saturated heterocycles. The Kier molecular flexibility index (Phi) is 4.76. The van der Waals surface area contributed by atoms with Crippen molar-refractivity contribution in [3.05, 3.63) is 139 Å². The molecule has 0 heterocycles. The summed E-state index contributed by atoms with van der Waals surface area (Å²) < 4.78 is 28.5. The van der Waals surface area contributed by atoms with Crippen molar-refractivity contribution in [2.75, 3.05) is 0 Å². The smallest absolute Gasteiger partial charge is 0.123 e. The van der Waals surface area contributed by atoms with Gasteiger partial charge >= 0.3 is 0 Å². The van der Waals surface area contributed by atoms with Gasteiger partial charge < -0.3 is 0 Å². The molecule has 4 aromatic carbocycles. The zero-order chi connectivity index (χ0) is 22.5. The quantitative estimate of drug-likeness (QED) is 0.362. The first-order valence-corrected chi connectivity index (χ1v) is 11.6. The number of halogens is 2. The van der Waals surface area contributed by atoms with Crippen LogP contribution in [0.5, 0.6) is 0 Å². The molecule has 0 radical (unpaired) electrons. The van der Waals surface area contributed by atoms with E-state index in [0.29, 0.717) is 0 Å². The maximum absolute atomic E-state index is 14.3. The lowest BCUT2D eigenvalue weighted by molar-refractivity contribution is 0.625. The fourth-order valence-corrected chi connectivity index (χ4v) is 5.71. The highest BCUT2D eigenvalue weighted by molar-refractivity contribution is 5.71. The lowest BCUT2D eigenvalue weighted by Crippen LogP contribution is -2.25. The molecular formula is C31H24F2. The highest BCUT2D eigenvalue weighted by Crippen LogP contribution is 2.34. The van der Waals surface area contributed by atoms with Crippen LogP contribution < -0.4 is 10.4 Å². The second kappa shape index (κ2) is 7.81. The van der Waals surface area contributed by atoms with E-state index < -0.39 is 0 Å². The van der Waals surface area contributed by atoms with Crippen molar-refractivity contribution >= 4 is 11.6 Å². The number of benzene rings is 4. The van der Waals surface area contributed by atoms with Gasteiger partial charge in [-0.25, -0.2) is 8.78 Å². The third kappa shape index (κ3) is 3.33. The van der Waals surface area contributed by atoms with E-state index in [1.807, 2.05) is 12.1 Å². The first-order chi connectivity index (χ1) is 16.1. The summed E-state index contributed by atoms with van der Waals surface area (Å²) in [6.07, 6.45) is 5.25. The predicted molar refractivity (Wildman–Crippen MR) is 129 cm³/mol. The lowest BCUT2D eigenvalue weighted by atomic mass is 9.77. The van der Waals surface area contributed by atoms with Gasteiger partial charge in [0.15, 0.2) is 0 Å². The minimum atomic E-state index is -0.234. The van der Waals surface area contributed by atoms with Crippen molar-refractivity contribution in [1.82, 2.24) is 0 Å². The summed E-state index contributed by atoms with van der Waals surface area (Å²) in [4.78, 5) is 0. The normalized spacial score (nSPS) is 16.5. The van der Waals surface area contributed by atoms with Gasteiger partial charge in [0.25, 0.3) is 0 Å². The molecule has 1 atom stereocenters. The number of hydrogen-bond donors (Lipinski definition) is 0. The number of fused-ring (bicyclic) bond motifs is 4. The highest BCUT2D eigenvalue weighted by Gasteiger charge is 2.24. The van der Waals surface area contributed by atoms with Crippen molar-refractivity contribution in [3.63, 3.8) is 0 Å². The van der Waals surface area contributed by atoms with E-state index in [1.165, 1.54) is 45.2 Å². The van der Waals surface area contributed by atoms with Gasteiger partial charge in [-0.1, -0.05) is 60.7 Å². The molecule has 0 saturated carbocycles. The zero-order valence-electron chi connectivity index (χ0n) is 18.5. The SMILES string of the molecule is Cc1ccccc1C1=c2ccc3c(c2CCC1)C(c1cccc(F)c1)C=c1ccc(F)cc1=3. The molecule has 0 nitrogen and oxygen atoms in total. The topological polar surface area (TPSA) is 0 Å². The Morgan fingerprint density at radius 1 is 0.727 bits per heavy atom. The van der Waals surface area contributed by atoms with Crippen LogP contribution >= 0.6 is 0 Å². The van der Waals surface area contributed by atoms with E-state index in [-0.39, 0.29) is 17.6 Å². The van der Waals surface area contributed by atoms with Gasteiger partial charge in [0, 0.05) is 5.92 Å². The van der Waals surface area contributed by atoms with Crippen molar-refractivity contribution < 1.29 is 8.78 Å². The summed E-state index contributed by atoms with van der Waals surface area (Å²) in [6.45, 7) is 2.16. The second-order valence-electron chi connectivity index (χ2n) is 9.13. The molecule has 0 aromatic heterocycles. The van der Waals surface area contributed by atoms with E-state index in [1.54, 1.807) is 18.2 Å². The van der Waals surface area contributed by atoms with Gasteiger partial charge in [-0.05, 0) is 105 Å². The van der Waals surface area contributed by atoms with Crippen LogP contribution in [0.1, 0.15) is 46.6 Å². The molecule has 0 N–H and O–H groups in total. The van der Waals surface area contributed by atoms with Crippen LogP contribution in [0.15, 0.2) is 78.9 Å². The Bertz CT molecular complexity index is 1630. The Hall–Kier alpha value is -3.52. The van der Waals surface area contributed by atoms with Crippen LogP contribution in [-0.4, -0.2) is 0 Å². The van der Waals surface area contributed by atoms with E-state index in [9.17, 15) is 8.78 Å². The van der Waals surface area contributed by atoms with Crippen LogP contribution in [0, 0.1) is 29.0 Å². The maximum atomic E-state index is 14.3. The van der Waals surface area contributed by atoms with Crippen LogP contribution in [0.25, 0.3) is 11.6 Å². The van der Waals surface area contributed by atoms with Gasteiger partial charge in [-0.3, -0.25) is 0 Å². The molecule has 0 bridgehead atoms. The standard InChI is InChI=1S/C31H24F2/c1-19-6-2-3-9-24(19)25-10-5-11-27-26(25)14-15-28-29-18-23(33)13-12-21(29)17-30(31(27)28)20-7-4-8-22(32)16-20/h2-4,6-9,12-18,30H,5,10-11H2,1H3. The summed E-state index contributed by atoms with van der Waals surface area (Å²) in [5.41, 5.74) is 7.40. The summed E-state index contributed by atoms with van der Waals surface area (Å²) in [7, 11) is 0. The number of hydrogen-bond acceptors (Lipinski definition) is 0. The molecule has 1 unspecified atom stereocenters. The van der Waals surface area contributed by atoms with Gasteiger partial charge in [-0.2, -0.15) is 0 Å². The fraction of sp³-hybridized carbons (Fsp3) is 0.161. The fourth-order valence-electron chi connectivity index (χ4n) is 5.71. The maximum Gasteiger partial charge on any atom is 0.123 e. The Balaban J connectivity index is 1.76. The molecule has 0 aliphatic heterocycles. The van der Waals surface area contributed by atoms with Crippen molar-refractivity contribution in [2.45, 2.75) is 32.1 Å². The largest absolute Gasteiger partial charge is 0.207 e. The Morgan fingerprint density at radius 2 is 1.55 bits per heavy atom. The molecule has 0 spiro atoms.